The number of benzene rings is 3. The minimum Gasteiger partial charge on any atom is -0.255 e. The molecule has 0 spiro atoms. The minimum absolute atomic E-state index is 0.802. The van der Waals surface area contributed by atoms with E-state index in [0.29, 0.717) is 0 Å². The molecule has 0 saturated heterocycles. The van der Waals surface area contributed by atoms with Gasteiger partial charge in [0, 0.05) is 29.3 Å². The van der Waals surface area contributed by atoms with Gasteiger partial charge in [0.05, 0.1) is 45.6 Å². The highest BCUT2D eigenvalue weighted by Crippen LogP contribution is 2.35. The van der Waals surface area contributed by atoms with E-state index in [2.05, 4.69) is 127 Å². The van der Waals surface area contributed by atoms with Crippen molar-refractivity contribution in [3.05, 3.63) is 193 Å². The predicted octanol–water partition coefficient (Wildman–Crippen LogP) is 12.2. The number of hydrogen-bond acceptors (Lipinski definition) is 6. The number of aromatic nitrogens is 6. The molecule has 9 aromatic rings. The molecule has 55 heavy (non-hydrogen) atoms. The first-order chi connectivity index (χ1) is 27.1. The number of pyridine rings is 6. The second kappa shape index (κ2) is 15.2. The van der Waals surface area contributed by atoms with E-state index in [1.165, 1.54) is 0 Å². The van der Waals surface area contributed by atoms with Gasteiger partial charge < -0.3 is 0 Å². The van der Waals surface area contributed by atoms with Gasteiger partial charge in [0.25, 0.3) is 0 Å². The summed E-state index contributed by atoms with van der Waals surface area (Å²) in [6, 6.07) is 55.8. The molecule has 9 rings (SSSR count). The smallest absolute Gasteiger partial charge is 0.0900 e. The lowest BCUT2D eigenvalue weighted by Crippen LogP contribution is -1.94. The van der Waals surface area contributed by atoms with Crippen LogP contribution in [0.4, 0.5) is 0 Å². The third-order valence-corrected chi connectivity index (χ3v) is 9.82. The van der Waals surface area contributed by atoms with Gasteiger partial charge >= 0.3 is 0 Å². The lowest BCUT2D eigenvalue weighted by molar-refractivity contribution is 1.22. The first-order valence-corrected chi connectivity index (χ1v) is 18.6. The standard InChI is InChI=1S/C48H31BrN6/c49-40-26-36(32-13-17-34(18-14-32)38-28-45(41-9-1-5-21-50-41)54-46(29-38)42-10-2-6-22-51-42)25-37(27-40)33-15-19-35(20-16-33)39-30-47(43-11-3-7-23-52-43)55-48(31-39)44-12-4-8-24-53-44/h1-31H. The van der Waals surface area contributed by atoms with Crippen LogP contribution < -0.4 is 0 Å². The number of nitrogens with zero attached hydrogens (tertiary/aromatic N) is 6. The molecule has 6 aromatic heterocycles. The van der Waals surface area contributed by atoms with Crippen LogP contribution in [-0.2, 0) is 0 Å². The van der Waals surface area contributed by atoms with Crippen LogP contribution in [-0.4, -0.2) is 29.9 Å². The zero-order valence-corrected chi connectivity index (χ0v) is 31.0. The molecule has 0 N–H and O–H groups in total. The van der Waals surface area contributed by atoms with Crippen molar-refractivity contribution in [3.8, 4) is 90.1 Å². The van der Waals surface area contributed by atoms with Gasteiger partial charge in [0.1, 0.15) is 0 Å². The molecule has 0 saturated carbocycles. The third-order valence-electron chi connectivity index (χ3n) is 9.36. The fourth-order valence-electron chi connectivity index (χ4n) is 6.61. The Morgan fingerprint density at radius 2 is 0.527 bits per heavy atom. The molecule has 0 fully saturated rings. The van der Waals surface area contributed by atoms with Crippen molar-refractivity contribution in [2.24, 2.45) is 0 Å². The lowest BCUT2D eigenvalue weighted by atomic mass is 9.95. The SMILES string of the molecule is Brc1cc(-c2ccc(-c3cc(-c4ccccn4)nc(-c4ccccn4)c3)cc2)cc(-c2ccc(-c3cc(-c4ccccn4)nc(-c4ccccn4)c3)cc2)c1. The largest absolute Gasteiger partial charge is 0.255 e. The Labute approximate surface area is 327 Å². The van der Waals surface area contributed by atoms with Gasteiger partial charge in [-0.3, -0.25) is 19.9 Å². The van der Waals surface area contributed by atoms with Crippen LogP contribution >= 0.6 is 15.9 Å². The second-order valence-corrected chi connectivity index (χ2v) is 13.9. The Bertz CT molecular complexity index is 2420. The lowest BCUT2D eigenvalue weighted by Gasteiger charge is -2.12. The normalized spacial score (nSPS) is 11.0. The number of rotatable bonds is 8. The molecule has 0 unspecified atom stereocenters. The van der Waals surface area contributed by atoms with E-state index in [-0.39, 0.29) is 0 Å². The average molecular weight is 772 g/mol. The monoisotopic (exact) mass is 770 g/mol. The van der Waals surface area contributed by atoms with Crippen LogP contribution in [0.25, 0.3) is 90.1 Å². The van der Waals surface area contributed by atoms with Crippen molar-refractivity contribution >= 4 is 15.9 Å². The van der Waals surface area contributed by atoms with Crippen molar-refractivity contribution in [1.82, 2.24) is 29.9 Å². The Kier molecular flexibility index (Phi) is 9.34. The van der Waals surface area contributed by atoms with Crippen LogP contribution in [0, 0.1) is 0 Å². The third kappa shape index (κ3) is 7.47. The Hall–Kier alpha value is -6.96. The summed E-state index contributed by atoms with van der Waals surface area (Å²) in [5.74, 6) is 0. The first kappa shape index (κ1) is 33.8. The molecule has 7 heteroatoms. The zero-order valence-electron chi connectivity index (χ0n) is 29.5. The topological polar surface area (TPSA) is 77.3 Å². The maximum Gasteiger partial charge on any atom is 0.0900 e. The molecule has 0 atom stereocenters. The van der Waals surface area contributed by atoms with E-state index < -0.39 is 0 Å². The fraction of sp³-hybridized carbons (Fsp3) is 0. The molecule has 0 aliphatic heterocycles. The predicted molar refractivity (Wildman–Crippen MR) is 224 cm³/mol. The van der Waals surface area contributed by atoms with Gasteiger partial charge in [0.15, 0.2) is 0 Å². The summed E-state index contributed by atoms with van der Waals surface area (Å²) in [6.07, 6.45) is 7.16. The summed E-state index contributed by atoms with van der Waals surface area (Å²) in [5.41, 5.74) is 15.2. The van der Waals surface area contributed by atoms with Crippen LogP contribution in [0.5, 0.6) is 0 Å². The maximum atomic E-state index is 4.93. The Morgan fingerprint density at radius 3 is 0.782 bits per heavy atom. The van der Waals surface area contributed by atoms with Gasteiger partial charge in [0.2, 0.25) is 0 Å². The van der Waals surface area contributed by atoms with E-state index in [9.17, 15) is 0 Å². The second-order valence-electron chi connectivity index (χ2n) is 13.0. The van der Waals surface area contributed by atoms with Crippen LogP contribution in [0.3, 0.4) is 0 Å². The molecule has 0 aliphatic carbocycles. The number of halogens is 1. The van der Waals surface area contributed by atoms with E-state index in [0.717, 1.165) is 94.5 Å². The van der Waals surface area contributed by atoms with Gasteiger partial charge in [-0.25, -0.2) is 9.97 Å². The van der Waals surface area contributed by atoms with Crippen molar-refractivity contribution in [3.63, 3.8) is 0 Å². The summed E-state index contributed by atoms with van der Waals surface area (Å²) in [7, 11) is 0. The van der Waals surface area contributed by atoms with Crippen LogP contribution in [0.2, 0.25) is 0 Å². The molecule has 6 heterocycles. The molecular formula is C48H31BrN6. The Balaban J connectivity index is 1.02. The summed E-state index contributed by atoms with van der Waals surface area (Å²) in [6.45, 7) is 0. The van der Waals surface area contributed by atoms with Crippen LogP contribution in [0.1, 0.15) is 0 Å². The average Bonchev–Trinajstić information content (AvgIpc) is 3.27. The Morgan fingerprint density at radius 1 is 0.255 bits per heavy atom. The number of hydrogen-bond donors (Lipinski definition) is 0. The molecule has 0 amide bonds. The van der Waals surface area contributed by atoms with Crippen molar-refractivity contribution in [2.45, 2.75) is 0 Å². The highest BCUT2D eigenvalue weighted by molar-refractivity contribution is 9.10. The summed E-state index contributed by atoms with van der Waals surface area (Å²) >= 11 is 3.79. The van der Waals surface area contributed by atoms with Crippen molar-refractivity contribution in [1.29, 1.82) is 0 Å². The zero-order chi connectivity index (χ0) is 37.0. The van der Waals surface area contributed by atoms with Crippen molar-refractivity contribution in [2.75, 3.05) is 0 Å². The highest BCUT2D eigenvalue weighted by Gasteiger charge is 2.13. The van der Waals surface area contributed by atoms with Gasteiger partial charge in [-0.1, -0.05) is 88.7 Å². The summed E-state index contributed by atoms with van der Waals surface area (Å²) < 4.78 is 1.01. The molecule has 3 aromatic carbocycles. The van der Waals surface area contributed by atoms with Gasteiger partial charge in [-0.2, -0.15) is 0 Å². The van der Waals surface area contributed by atoms with Gasteiger partial charge in [-0.15, -0.1) is 0 Å². The fourth-order valence-corrected chi connectivity index (χ4v) is 7.10. The summed E-state index contributed by atoms with van der Waals surface area (Å²) in [4.78, 5) is 28.1. The highest BCUT2D eigenvalue weighted by atomic mass is 79.9. The first-order valence-electron chi connectivity index (χ1n) is 17.8. The molecule has 6 nitrogen and oxygen atoms in total. The molecular weight excluding hydrogens is 740 g/mol. The molecule has 0 aliphatic rings. The van der Waals surface area contributed by atoms with Gasteiger partial charge in [-0.05, 0) is 136 Å². The quantitative estimate of drug-likeness (QED) is 0.153. The van der Waals surface area contributed by atoms with E-state index in [1.54, 1.807) is 24.8 Å². The van der Waals surface area contributed by atoms with E-state index >= 15 is 0 Å². The van der Waals surface area contributed by atoms with Crippen molar-refractivity contribution < 1.29 is 0 Å². The van der Waals surface area contributed by atoms with E-state index in [1.807, 2.05) is 72.8 Å². The minimum atomic E-state index is 0.802. The summed E-state index contributed by atoms with van der Waals surface area (Å²) in [5, 5.41) is 0. The molecule has 0 bridgehead atoms. The molecule has 260 valence electrons. The van der Waals surface area contributed by atoms with Crippen LogP contribution in [0.15, 0.2) is 193 Å². The maximum absolute atomic E-state index is 4.93. The van der Waals surface area contributed by atoms with E-state index in [4.69, 9.17) is 9.97 Å². The molecule has 0 radical (unpaired) electrons.